The molecule has 1 aromatic heterocycles. The molecule has 0 fully saturated rings. The molecule has 24 heavy (non-hydrogen) atoms. The summed E-state index contributed by atoms with van der Waals surface area (Å²) in [6.45, 7) is 0.535. The smallest absolute Gasteiger partial charge is 0.271 e. The first-order valence-corrected chi connectivity index (χ1v) is 7.42. The zero-order valence-corrected chi connectivity index (χ0v) is 13.1. The summed E-state index contributed by atoms with van der Waals surface area (Å²) in [7, 11) is 1.73. The fourth-order valence-corrected chi connectivity index (χ4v) is 2.49. The third-order valence-electron chi connectivity index (χ3n) is 3.81. The second-order valence-corrected chi connectivity index (χ2v) is 5.54. The molecule has 3 rings (SSSR count). The number of benzene rings is 2. The summed E-state index contributed by atoms with van der Waals surface area (Å²) in [5, 5.41) is 15.8. The van der Waals surface area contributed by atoms with Crippen LogP contribution in [0.4, 0.5) is 5.69 Å². The van der Waals surface area contributed by atoms with Crippen molar-refractivity contribution < 1.29 is 9.72 Å². The number of nitro benzene ring substituents is 1. The highest BCUT2D eigenvalue weighted by atomic mass is 16.6. The monoisotopic (exact) mass is 324 g/mol. The Balaban J connectivity index is 1.77. The van der Waals surface area contributed by atoms with E-state index in [4.69, 9.17) is 0 Å². The van der Waals surface area contributed by atoms with Crippen molar-refractivity contribution in [1.29, 1.82) is 0 Å². The highest BCUT2D eigenvalue weighted by Crippen LogP contribution is 2.20. The number of fused-ring (bicyclic) bond motifs is 1. The van der Waals surface area contributed by atoms with Crippen LogP contribution in [0.5, 0.6) is 0 Å². The second kappa shape index (κ2) is 6.49. The van der Waals surface area contributed by atoms with Gasteiger partial charge in [-0.05, 0) is 11.6 Å². The molecule has 122 valence electrons. The number of rotatable bonds is 5. The number of amides is 1. The van der Waals surface area contributed by atoms with Crippen LogP contribution in [0.3, 0.4) is 0 Å². The van der Waals surface area contributed by atoms with Crippen molar-refractivity contribution in [3.8, 4) is 0 Å². The number of aromatic nitrogens is 2. The Labute approximate surface area is 138 Å². The van der Waals surface area contributed by atoms with E-state index in [9.17, 15) is 14.9 Å². The number of likely N-dealkylation sites (N-methyl/N-ethyl adjacent to an activating group) is 1. The third-order valence-corrected chi connectivity index (χ3v) is 3.81. The number of hydrogen-bond acceptors (Lipinski definition) is 4. The van der Waals surface area contributed by atoms with Gasteiger partial charge in [0.05, 0.1) is 16.6 Å². The fraction of sp³-hybridized carbons (Fsp3) is 0.176. The summed E-state index contributed by atoms with van der Waals surface area (Å²) >= 11 is 0. The predicted molar refractivity (Wildman–Crippen MR) is 89.3 cm³/mol. The number of nitrogens with zero attached hydrogens (tertiary/aromatic N) is 4. The summed E-state index contributed by atoms with van der Waals surface area (Å²) in [6.07, 6.45) is 1.60. The van der Waals surface area contributed by atoms with Crippen LogP contribution in [-0.4, -0.2) is 32.6 Å². The largest absolute Gasteiger partial charge is 0.340 e. The van der Waals surface area contributed by atoms with Gasteiger partial charge in [0.25, 0.3) is 5.69 Å². The molecule has 0 atom stereocenters. The van der Waals surface area contributed by atoms with Crippen molar-refractivity contribution in [3.05, 3.63) is 70.4 Å². The lowest BCUT2D eigenvalue weighted by molar-refractivity contribution is -0.384. The van der Waals surface area contributed by atoms with Crippen LogP contribution in [-0.2, 0) is 17.9 Å². The zero-order valence-electron chi connectivity index (χ0n) is 13.1. The molecule has 3 aromatic rings. The maximum Gasteiger partial charge on any atom is 0.271 e. The molecule has 2 aromatic carbocycles. The molecule has 0 saturated heterocycles. The Bertz CT molecular complexity index is 889. The summed E-state index contributed by atoms with van der Waals surface area (Å²) < 4.78 is 1.49. The molecular weight excluding hydrogens is 308 g/mol. The standard InChI is InChI=1S/C17H16N4O3/c1-19(11-13-5-3-2-4-6-13)17(22)12-20-16-9-15(21(23)24)8-7-14(16)10-18-20/h2-10H,11-12H2,1H3. The second-order valence-electron chi connectivity index (χ2n) is 5.54. The van der Waals surface area contributed by atoms with E-state index in [-0.39, 0.29) is 18.1 Å². The lowest BCUT2D eigenvalue weighted by atomic mass is 10.2. The van der Waals surface area contributed by atoms with Crippen LogP contribution < -0.4 is 0 Å². The van der Waals surface area contributed by atoms with Gasteiger partial charge in [-0.2, -0.15) is 5.10 Å². The van der Waals surface area contributed by atoms with Gasteiger partial charge in [-0.3, -0.25) is 19.6 Å². The number of carbonyl (C=O) groups is 1. The van der Waals surface area contributed by atoms with E-state index in [1.54, 1.807) is 24.2 Å². The Morgan fingerprint density at radius 3 is 2.71 bits per heavy atom. The van der Waals surface area contributed by atoms with Crippen molar-refractivity contribution in [3.63, 3.8) is 0 Å². The molecule has 0 saturated carbocycles. The molecule has 0 aliphatic rings. The molecule has 1 heterocycles. The van der Waals surface area contributed by atoms with Gasteiger partial charge in [0.15, 0.2) is 0 Å². The highest BCUT2D eigenvalue weighted by molar-refractivity contribution is 5.83. The van der Waals surface area contributed by atoms with Gasteiger partial charge in [0.2, 0.25) is 5.91 Å². The minimum absolute atomic E-state index is 0.0191. The quantitative estimate of drug-likeness (QED) is 0.533. The Morgan fingerprint density at radius 1 is 1.25 bits per heavy atom. The van der Waals surface area contributed by atoms with E-state index in [0.29, 0.717) is 12.1 Å². The molecule has 0 radical (unpaired) electrons. The van der Waals surface area contributed by atoms with Crippen molar-refractivity contribution in [1.82, 2.24) is 14.7 Å². The Kier molecular flexibility index (Phi) is 4.24. The number of carbonyl (C=O) groups excluding carboxylic acids is 1. The molecule has 0 bridgehead atoms. The Hall–Kier alpha value is -3.22. The highest BCUT2D eigenvalue weighted by Gasteiger charge is 2.14. The molecule has 0 N–H and O–H groups in total. The number of nitro groups is 1. The van der Waals surface area contributed by atoms with Crippen LogP contribution in [0, 0.1) is 10.1 Å². The average molecular weight is 324 g/mol. The molecule has 0 aliphatic heterocycles. The molecule has 7 heteroatoms. The summed E-state index contributed by atoms with van der Waals surface area (Å²) in [6, 6.07) is 14.2. The molecule has 0 unspecified atom stereocenters. The van der Waals surface area contributed by atoms with Crippen LogP contribution >= 0.6 is 0 Å². The van der Waals surface area contributed by atoms with Crippen molar-refractivity contribution in [2.24, 2.45) is 0 Å². The summed E-state index contributed by atoms with van der Waals surface area (Å²) in [5.74, 6) is -0.115. The molecule has 1 amide bonds. The number of hydrogen-bond donors (Lipinski definition) is 0. The molecule has 0 spiro atoms. The van der Waals surface area contributed by atoms with Gasteiger partial charge in [-0.25, -0.2) is 0 Å². The van der Waals surface area contributed by atoms with Crippen LogP contribution in [0.1, 0.15) is 5.56 Å². The van der Waals surface area contributed by atoms with Crippen LogP contribution in [0.25, 0.3) is 10.9 Å². The topological polar surface area (TPSA) is 81.3 Å². The van der Waals surface area contributed by atoms with Gasteiger partial charge in [-0.1, -0.05) is 30.3 Å². The fourth-order valence-electron chi connectivity index (χ4n) is 2.49. The lowest BCUT2D eigenvalue weighted by Gasteiger charge is -2.17. The third kappa shape index (κ3) is 3.24. The molecular formula is C17H16N4O3. The summed E-state index contributed by atoms with van der Waals surface area (Å²) in [5.41, 5.74) is 1.59. The first-order chi connectivity index (χ1) is 11.5. The van der Waals surface area contributed by atoms with Crippen molar-refractivity contribution >= 4 is 22.5 Å². The van der Waals surface area contributed by atoms with Gasteiger partial charge < -0.3 is 4.90 Å². The molecule has 7 nitrogen and oxygen atoms in total. The van der Waals surface area contributed by atoms with E-state index >= 15 is 0 Å². The van der Waals surface area contributed by atoms with Crippen LogP contribution in [0.2, 0.25) is 0 Å². The van der Waals surface area contributed by atoms with Gasteiger partial charge in [0.1, 0.15) is 6.54 Å². The lowest BCUT2D eigenvalue weighted by Crippen LogP contribution is -2.30. The predicted octanol–water partition coefficient (Wildman–Crippen LogP) is 2.60. The first kappa shape index (κ1) is 15.7. The van der Waals surface area contributed by atoms with E-state index in [1.165, 1.54) is 16.8 Å². The maximum atomic E-state index is 12.4. The number of non-ortho nitro benzene ring substituents is 1. The average Bonchev–Trinajstić information content (AvgIpc) is 2.98. The van der Waals surface area contributed by atoms with Crippen molar-refractivity contribution in [2.75, 3.05) is 7.05 Å². The van der Waals surface area contributed by atoms with Gasteiger partial charge in [-0.15, -0.1) is 0 Å². The van der Waals surface area contributed by atoms with E-state index in [0.717, 1.165) is 10.9 Å². The van der Waals surface area contributed by atoms with E-state index < -0.39 is 4.92 Å². The molecule has 0 aliphatic carbocycles. The normalized spacial score (nSPS) is 10.7. The SMILES string of the molecule is CN(Cc1ccccc1)C(=O)Cn1ncc2ccc([N+](=O)[O-])cc21. The van der Waals surface area contributed by atoms with E-state index in [1.807, 2.05) is 30.3 Å². The maximum absolute atomic E-state index is 12.4. The van der Waals surface area contributed by atoms with Crippen LogP contribution in [0.15, 0.2) is 54.7 Å². The Morgan fingerprint density at radius 2 is 2.00 bits per heavy atom. The van der Waals surface area contributed by atoms with E-state index in [2.05, 4.69) is 5.10 Å². The van der Waals surface area contributed by atoms with Gasteiger partial charge in [0, 0.05) is 31.1 Å². The van der Waals surface area contributed by atoms with Gasteiger partial charge >= 0.3 is 0 Å². The first-order valence-electron chi connectivity index (χ1n) is 7.42. The van der Waals surface area contributed by atoms with Crippen molar-refractivity contribution in [2.45, 2.75) is 13.1 Å². The zero-order chi connectivity index (χ0) is 17.1. The summed E-state index contributed by atoms with van der Waals surface area (Å²) in [4.78, 5) is 24.5. The minimum Gasteiger partial charge on any atom is -0.340 e. The minimum atomic E-state index is -0.458.